The molecule has 1 rings (SSSR count). The van der Waals surface area contributed by atoms with Crippen molar-refractivity contribution < 1.29 is 19.4 Å². The molecule has 1 aliphatic rings. The molecule has 21 heavy (non-hydrogen) atoms. The Labute approximate surface area is 126 Å². The van der Waals surface area contributed by atoms with Crippen LogP contribution in [0.5, 0.6) is 0 Å². The summed E-state index contributed by atoms with van der Waals surface area (Å²) < 4.78 is 5.26. The fourth-order valence-electron chi connectivity index (χ4n) is 2.39. The van der Waals surface area contributed by atoms with E-state index in [1.165, 1.54) is 0 Å². The Morgan fingerprint density at radius 1 is 1.33 bits per heavy atom. The van der Waals surface area contributed by atoms with Gasteiger partial charge < -0.3 is 20.1 Å². The lowest BCUT2D eigenvalue weighted by molar-refractivity contribution is -0.142. The average Bonchev–Trinajstić information content (AvgIpc) is 2.83. The summed E-state index contributed by atoms with van der Waals surface area (Å²) in [5, 5.41) is 12.1. The van der Waals surface area contributed by atoms with Gasteiger partial charge in [-0.2, -0.15) is 0 Å². The molecule has 1 fully saturated rings. The first-order valence-corrected chi connectivity index (χ1v) is 7.61. The van der Waals surface area contributed by atoms with Crippen molar-refractivity contribution in [1.82, 2.24) is 10.2 Å². The molecule has 0 aromatic rings. The standard InChI is InChI=1S/C15H28N2O4/c1-5-8-17(12-10-21-9-11(12)13(18)19)14(20)16-7-6-15(2,3)4/h11-12H,5-10H2,1-4H3,(H,16,20)(H,18,19). The maximum Gasteiger partial charge on any atom is 0.317 e. The van der Waals surface area contributed by atoms with E-state index >= 15 is 0 Å². The summed E-state index contributed by atoms with van der Waals surface area (Å²) in [6.07, 6.45) is 1.66. The van der Waals surface area contributed by atoms with Gasteiger partial charge in [-0.1, -0.05) is 27.7 Å². The molecular formula is C15H28N2O4. The minimum absolute atomic E-state index is 0.156. The number of carbonyl (C=O) groups is 2. The van der Waals surface area contributed by atoms with Gasteiger partial charge in [0.2, 0.25) is 0 Å². The highest BCUT2D eigenvalue weighted by atomic mass is 16.5. The Kier molecular flexibility index (Phi) is 6.45. The second kappa shape index (κ2) is 7.64. The van der Waals surface area contributed by atoms with Crippen LogP contribution in [-0.4, -0.2) is 54.4 Å². The van der Waals surface area contributed by atoms with Gasteiger partial charge in [-0.3, -0.25) is 4.79 Å². The SMILES string of the molecule is CCCN(C(=O)NCCC(C)(C)C)C1COCC1C(=O)O. The minimum Gasteiger partial charge on any atom is -0.481 e. The van der Waals surface area contributed by atoms with E-state index in [1.807, 2.05) is 6.92 Å². The van der Waals surface area contributed by atoms with Crippen molar-refractivity contribution in [3.05, 3.63) is 0 Å². The molecule has 2 N–H and O–H groups in total. The van der Waals surface area contributed by atoms with Crippen molar-refractivity contribution in [2.45, 2.75) is 46.6 Å². The average molecular weight is 300 g/mol. The highest BCUT2D eigenvalue weighted by Crippen LogP contribution is 2.21. The molecule has 1 heterocycles. The third-order valence-corrected chi connectivity index (χ3v) is 3.64. The molecule has 0 aromatic heterocycles. The molecule has 122 valence electrons. The third-order valence-electron chi connectivity index (χ3n) is 3.64. The lowest BCUT2D eigenvalue weighted by atomic mass is 9.92. The molecule has 2 unspecified atom stereocenters. The second-order valence-electron chi connectivity index (χ2n) is 6.79. The number of carboxylic acid groups (broad SMARTS) is 1. The van der Waals surface area contributed by atoms with Gasteiger partial charge in [-0.25, -0.2) is 4.79 Å². The maximum atomic E-state index is 12.3. The molecule has 0 spiro atoms. The summed E-state index contributed by atoms with van der Waals surface area (Å²) in [7, 11) is 0. The Hall–Kier alpha value is -1.30. The number of aliphatic carboxylic acids is 1. The van der Waals surface area contributed by atoms with Gasteiger partial charge in [0, 0.05) is 13.1 Å². The van der Waals surface area contributed by atoms with Gasteiger partial charge in [0.05, 0.1) is 19.3 Å². The zero-order valence-corrected chi connectivity index (χ0v) is 13.5. The minimum atomic E-state index is -0.902. The first-order chi connectivity index (χ1) is 9.76. The smallest absolute Gasteiger partial charge is 0.317 e. The second-order valence-corrected chi connectivity index (χ2v) is 6.79. The fourth-order valence-corrected chi connectivity index (χ4v) is 2.39. The molecule has 0 aliphatic carbocycles. The largest absolute Gasteiger partial charge is 0.481 e. The Morgan fingerprint density at radius 2 is 2.00 bits per heavy atom. The summed E-state index contributed by atoms with van der Waals surface area (Å²) in [6, 6.07) is -0.570. The molecular weight excluding hydrogens is 272 g/mol. The highest BCUT2D eigenvalue weighted by molar-refractivity contribution is 5.77. The lowest BCUT2D eigenvalue weighted by Crippen LogP contribution is -2.51. The normalized spacial score (nSPS) is 22.1. The van der Waals surface area contributed by atoms with Gasteiger partial charge in [-0.15, -0.1) is 0 Å². The molecule has 0 radical (unpaired) electrons. The lowest BCUT2D eigenvalue weighted by Gasteiger charge is -2.30. The fraction of sp³-hybridized carbons (Fsp3) is 0.867. The molecule has 1 saturated heterocycles. The number of urea groups is 1. The van der Waals surface area contributed by atoms with Crippen LogP contribution in [0, 0.1) is 11.3 Å². The quantitative estimate of drug-likeness (QED) is 0.786. The number of nitrogens with one attached hydrogen (secondary N) is 1. The van der Waals surface area contributed by atoms with Crippen molar-refractivity contribution in [2.75, 3.05) is 26.3 Å². The molecule has 6 nitrogen and oxygen atoms in total. The first-order valence-electron chi connectivity index (χ1n) is 7.61. The van der Waals surface area contributed by atoms with Crippen LogP contribution in [-0.2, 0) is 9.53 Å². The molecule has 1 aliphatic heterocycles. The Balaban J connectivity index is 2.63. The number of rotatable bonds is 6. The molecule has 2 amide bonds. The van der Waals surface area contributed by atoms with Crippen molar-refractivity contribution >= 4 is 12.0 Å². The zero-order chi connectivity index (χ0) is 16.0. The van der Waals surface area contributed by atoms with Crippen LogP contribution >= 0.6 is 0 Å². The van der Waals surface area contributed by atoms with Crippen molar-refractivity contribution in [3.8, 4) is 0 Å². The van der Waals surface area contributed by atoms with E-state index < -0.39 is 11.9 Å². The van der Waals surface area contributed by atoms with Crippen molar-refractivity contribution in [3.63, 3.8) is 0 Å². The van der Waals surface area contributed by atoms with E-state index in [4.69, 9.17) is 4.74 Å². The van der Waals surface area contributed by atoms with E-state index in [-0.39, 0.29) is 24.1 Å². The van der Waals surface area contributed by atoms with Crippen LogP contribution in [0.15, 0.2) is 0 Å². The summed E-state index contributed by atoms with van der Waals surface area (Å²) >= 11 is 0. The van der Waals surface area contributed by atoms with Crippen LogP contribution < -0.4 is 5.32 Å². The third kappa shape index (κ3) is 5.53. The molecule has 0 saturated carbocycles. The molecule has 6 heteroatoms. The summed E-state index contributed by atoms with van der Waals surface area (Å²) in [5.74, 6) is -1.54. The number of hydrogen-bond acceptors (Lipinski definition) is 3. The summed E-state index contributed by atoms with van der Waals surface area (Å²) in [6.45, 7) is 9.93. The number of carbonyl (C=O) groups excluding carboxylic acids is 1. The van der Waals surface area contributed by atoms with Crippen molar-refractivity contribution in [1.29, 1.82) is 0 Å². The molecule has 0 bridgehead atoms. The predicted octanol–water partition coefficient (Wildman–Crippen LogP) is 1.94. The van der Waals surface area contributed by atoms with Gasteiger partial charge in [0.25, 0.3) is 0 Å². The van der Waals surface area contributed by atoms with Crippen LogP contribution in [0.4, 0.5) is 4.79 Å². The Morgan fingerprint density at radius 3 is 2.52 bits per heavy atom. The summed E-state index contributed by atoms with van der Waals surface area (Å²) in [4.78, 5) is 25.2. The van der Waals surface area contributed by atoms with E-state index in [0.29, 0.717) is 19.7 Å². The summed E-state index contributed by atoms with van der Waals surface area (Å²) in [5.41, 5.74) is 0.156. The van der Waals surface area contributed by atoms with Gasteiger partial charge in [0.15, 0.2) is 0 Å². The van der Waals surface area contributed by atoms with Gasteiger partial charge >= 0.3 is 12.0 Å². The highest BCUT2D eigenvalue weighted by Gasteiger charge is 2.39. The zero-order valence-electron chi connectivity index (χ0n) is 13.5. The van der Waals surface area contributed by atoms with Gasteiger partial charge in [-0.05, 0) is 18.3 Å². The number of amides is 2. The topological polar surface area (TPSA) is 78.9 Å². The van der Waals surface area contributed by atoms with Gasteiger partial charge in [0.1, 0.15) is 5.92 Å². The van der Waals surface area contributed by atoms with Crippen LogP contribution in [0.1, 0.15) is 40.5 Å². The number of ether oxygens (including phenoxy) is 1. The number of hydrogen-bond donors (Lipinski definition) is 2. The molecule has 0 aromatic carbocycles. The Bertz CT molecular complexity index is 365. The number of nitrogens with zero attached hydrogens (tertiary/aromatic N) is 1. The van der Waals surface area contributed by atoms with Crippen LogP contribution in [0.25, 0.3) is 0 Å². The monoisotopic (exact) mass is 300 g/mol. The molecule has 2 atom stereocenters. The van der Waals surface area contributed by atoms with E-state index in [9.17, 15) is 14.7 Å². The van der Waals surface area contributed by atoms with E-state index in [0.717, 1.165) is 12.8 Å². The van der Waals surface area contributed by atoms with Crippen molar-refractivity contribution in [2.24, 2.45) is 11.3 Å². The predicted molar refractivity (Wildman–Crippen MR) is 80.2 cm³/mol. The first kappa shape index (κ1) is 17.8. The van der Waals surface area contributed by atoms with Crippen LogP contribution in [0.2, 0.25) is 0 Å². The number of carboxylic acids is 1. The van der Waals surface area contributed by atoms with E-state index in [2.05, 4.69) is 26.1 Å². The maximum absolute atomic E-state index is 12.3. The van der Waals surface area contributed by atoms with Crippen LogP contribution in [0.3, 0.4) is 0 Å². The van der Waals surface area contributed by atoms with E-state index in [1.54, 1.807) is 4.90 Å².